The number of halogens is 1. The van der Waals surface area contributed by atoms with Crippen molar-refractivity contribution in [1.29, 1.82) is 0 Å². The number of carbonyl (C=O) groups is 1. The summed E-state index contributed by atoms with van der Waals surface area (Å²) in [5.74, 6) is 0.192. The highest BCUT2D eigenvalue weighted by Crippen LogP contribution is 2.32. The predicted octanol–water partition coefficient (Wildman–Crippen LogP) is 4.36. The van der Waals surface area contributed by atoms with Crippen LogP contribution >= 0.6 is 15.9 Å². The van der Waals surface area contributed by atoms with Gasteiger partial charge in [0.25, 0.3) is 6.23 Å². The van der Waals surface area contributed by atoms with Gasteiger partial charge in [-0.05, 0) is 25.1 Å². The smallest absolute Gasteiger partial charge is 0.304 e. The minimum absolute atomic E-state index is 0.398. The molecule has 0 spiro atoms. The van der Waals surface area contributed by atoms with Crippen LogP contribution in [-0.4, -0.2) is 21.2 Å². The fraction of sp³-hybridized carbons (Fsp3) is 0.150. The molecule has 1 atom stereocenters. The van der Waals surface area contributed by atoms with E-state index in [1.54, 1.807) is 0 Å². The number of aromatic nitrogens is 2. The highest BCUT2D eigenvalue weighted by atomic mass is 79.9. The summed E-state index contributed by atoms with van der Waals surface area (Å²) in [5.41, 5.74) is 4.44. The van der Waals surface area contributed by atoms with Gasteiger partial charge in [0, 0.05) is 28.7 Å². The molecule has 0 amide bonds. The number of carbonyl (C=O) groups excluding carboxylic acids is 1. The molecule has 0 saturated heterocycles. The molecule has 2 heterocycles. The average Bonchev–Trinajstić information content (AvgIpc) is 2.95. The number of aliphatic imine (C=N–C) groups is 1. The van der Waals surface area contributed by atoms with Gasteiger partial charge in [0.2, 0.25) is 0 Å². The van der Waals surface area contributed by atoms with Gasteiger partial charge in [0.1, 0.15) is 0 Å². The second kappa shape index (κ2) is 6.53. The molecular weight excluding hydrogens is 394 g/mol. The number of ether oxygens (including phenoxy) is 1. The second-order valence-electron chi connectivity index (χ2n) is 6.08. The van der Waals surface area contributed by atoms with Crippen LogP contribution in [0.1, 0.15) is 35.8 Å². The molecule has 1 unspecified atom stereocenters. The molecule has 0 N–H and O–H groups in total. The van der Waals surface area contributed by atoms with Crippen LogP contribution in [0, 0.1) is 6.92 Å². The summed E-state index contributed by atoms with van der Waals surface area (Å²) >= 11 is 3.55. The normalized spacial score (nSPS) is 15.5. The summed E-state index contributed by atoms with van der Waals surface area (Å²) in [5, 5.41) is 0. The molecule has 1 aliphatic heterocycles. The Morgan fingerprint density at radius 3 is 2.69 bits per heavy atom. The zero-order valence-corrected chi connectivity index (χ0v) is 15.9. The number of hydrogen-bond donors (Lipinski definition) is 0. The number of fused-ring (bicyclic) bond motifs is 3. The lowest BCUT2D eigenvalue weighted by Gasteiger charge is -2.12. The maximum absolute atomic E-state index is 11.7. The molecular formula is C20H16BrN3O2. The topological polar surface area (TPSA) is 56.5 Å². The SMILES string of the molecule is CC(=O)OC1N=C(c2ccccc2)c2cc(Br)ccc2-n2cc(C)nc21. The van der Waals surface area contributed by atoms with E-state index in [1.165, 1.54) is 6.92 Å². The van der Waals surface area contributed by atoms with Crippen molar-refractivity contribution in [2.75, 3.05) is 0 Å². The Kier molecular flexibility index (Phi) is 4.20. The number of esters is 1. The Bertz CT molecular complexity index is 1020. The third-order valence-electron chi connectivity index (χ3n) is 4.12. The first kappa shape index (κ1) is 16.7. The Hall–Kier alpha value is -2.73. The molecule has 26 heavy (non-hydrogen) atoms. The quantitative estimate of drug-likeness (QED) is 0.590. The summed E-state index contributed by atoms with van der Waals surface area (Å²) in [7, 11) is 0. The zero-order chi connectivity index (χ0) is 18.3. The van der Waals surface area contributed by atoms with Crippen LogP contribution in [0.15, 0.2) is 64.2 Å². The molecule has 4 rings (SSSR count). The van der Waals surface area contributed by atoms with Gasteiger partial charge in [0.05, 0.1) is 17.1 Å². The molecule has 1 aromatic heterocycles. The summed E-state index contributed by atoms with van der Waals surface area (Å²) < 4.78 is 8.40. The van der Waals surface area contributed by atoms with Gasteiger partial charge in [-0.1, -0.05) is 46.3 Å². The molecule has 0 aliphatic carbocycles. The number of imidazole rings is 1. The molecule has 2 aromatic carbocycles. The van der Waals surface area contributed by atoms with Gasteiger partial charge < -0.3 is 4.74 Å². The van der Waals surface area contributed by atoms with Crippen LogP contribution in [0.5, 0.6) is 0 Å². The van der Waals surface area contributed by atoms with Gasteiger partial charge in [-0.15, -0.1) is 0 Å². The van der Waals surface area contributed by atoms with E-state index < -0.39 is 12.2 Å². The third-order valence-corrected chi connectivity index (χ3v) is 4.61. The first-order valence-corrected chi connectivity index (χ1v) is 8.99. The van der Waals surface area contributed by atoms with Crippen LogP contribution in [0.3, 0.4) is 0 Å². The molecule has 0 saturated carbocycles. The molecule has 0 bridgehead atoms. The van der Waals surface area contributed by atoms with E-state index in [0.29, 0.717) is 5.82 Å². The van der Waals surface area contributed by atoms with Crippen LogP contribution in [0.2, 0.25) is 0 Å². The molecule has 6 heteroatoms. The van der Waals surface area contributed by atoms with E-state index >= 15 is 0 Å². The van der Waals surface area contributed by atoms with Crippen molar-refractivity contribution in [3.8, 4) is 5.69 Å². The maximum Gasteiger partial charge on any atom is 0.304 e. The lowest BCUT2D eigenvalue weighted by Crippen LogP contribution is -2.11. The van der Waals surface area contributed by atoms with Crippen molar-refractivity contribution in [3.63, 3.8) is 0 Å². The molecule has 0 radical (unpaired) electrons. The van der Waals surface area contributed by atoms with Gasteiger partial charge in [-0.2, -0.15) is 0 Å². The lowest BCUT2D eigenvalue weighted by molar-refractivity contribution is -0.146. The number of hydrogen-bond acceptors (Lipinski definition) is 4. The highest BCUT2D eigenvalue weighted by molar-refractivity contribution is 9.10. The predicted molar refractivity (Wildman–Crippen MR) is 103 cm³/mol. The maximum atomic E-state index is 11.7. The Balaban J connectivity index is 2.02. The minimum Gasteiger partial charge on any atom is -0.432 e. The van der Waals surface area contributed by atoms with Crippen molar-refractivity contribution in [2.45, 2.75) is 20.1 Å². The van der Waals surface area contributed by atoms with E-state index in [9.17, 15) is 4.79 Å². The monoisotopic (exact) mass is 409 g/mol. The molecule has 0 fully saturated rings. The van der Waals surface area contributed by atoms with Gasteiger partial charge in [-0.3, -0.25) is 9.36 Å². The van der Waals surface area contributed by atoms with Crippen LogP contribution in [0.4, 0.5) is 0 Å². The van der Waals surface area contributed by atoms with Gasteiger partial charge in [0.15, 0.2) is 5.82 Å². The molecule has 1 aliphatic rings. The summed E-state index contributed by atoms with van der Waals surface area (Å²) in [6.07, 6.45) is 1.13. The first-order chi connectivity index (χ1) is 12.5. The van der Waals surface area contributed by atoms with E-state index in [2.05, 4.69) is 20.9 Å². The van der Waals surface area contributed by atoms with Gasteiger partial charge in [-0.25, -0.2) is 9.98 Å². The largest absolute Gasteiger partial charge is 0.432 e. The van der Waals surface area contributed by atoms with Crippen molar-refractivity contribution in [2.24, 2.45) is 4.99 Å². The first-order valence-electron chi connectivity index (χ1n) is 8.19. The minimum atomic E-state index is -0.803. The average molecular weight is 410 g/mol. The second-order valence-corrected chi connectivity index (χ2v) is 6.99. The van der Waals surface area contributed by atoms with Crippen molar-refractivity contribution in [3.05, 3.63) is 81.8 Å². The third kappa shape index (κ3) is 2.97. The van der Waals surface area contributed by atoms with Crippen molar-refractivity contribution < 1.29 is 9.53 Å². The summed E-state index contributed by atoms with van der Waals surface area (Å²) in [4.78, 5) is 21.0. The van der Waals surface area contributed by atoms with Crippen molar-refractivity contribution in [1.82, 2.24) is 9.55 Å². The molecule has 130 valence electrons. The van der Waals surface area contributed by atoms with Crippen molar-refractivity contribution >= 4 is 27.6 Å². The molecule has 3 aromatic rings. The Morgan fingerprint density at radius 2 is 1.96 bits per heavy atom. The standard InChI is InChI=1S/C20H16BrN3O2/c1-12-11-24-17-9-8-15(21)10-16(17)18(14-6-4-3-5-7-14)23-20(19(24)22-12)26-13(2)25/h3-11,20H,1-2H3. The van der Waals surface area contributed by atoms with E-state index in [0.717, 1.165) is 32.7 Å². The number of aryl methyl sites for hydroxylation is 1. The summed E-state index contributed by atoms with van der Waals surface area (Å²) in [6, 6.07) is 15.9. The molecule has 5 nitrogen and oxygen atoms in total. The van der Waals surface area contributed by atoms with Crippen LogP contribution in [0.25, 0.3) is 5.69 Å². The van der Waals surface area contributed by atoms with Gasteiger partial charge >= 0.3 is 5.97 Å². The summed E-state index contributed by atoms with van der Waals surface area (Å²) in [6.45, 7) is 3.29. The number of nitrogens with zero attached hydrogens (tertiary/aromatic N) is 3. The Morgan fingerprint density at radius 1 is 1.19 bits per heavy atom. The number of benzene rings is 2. The van der Waals surface area contributed by atoms with E-state index in [4.69, 9.17) is 9.73 Å². The van der Waals surface area contributed by atoms with E-state index in [1.807, 2.05) is 66.2 Å². The van der Waals surface area contributed by atoms with Crippen LogP contribution < -0.4 is 0 Å². The Labute approximate surface area is 159 Å². The zero-order valence-electron chi connectivity index (χ0n) is 14.3. The fourth-order valence-corrected chi connectivity index (χ4v) is 3.46. The highest BCUT2D eigenvalue weighted by Gasteiger charge is 2.28. The number of rotatable bonds is 2. The lowest BCUT2D eigenvalue weighted by atomic mass is 10.0. The fourth-order valence-electron chi connectivity index (χ4n) is 3.10. The van der Waals surface area contributed by atoms with E-state index in [-0.39, 0.29) is 0 Å². The van der Waals surface area contributed by atoms with Crippen LogP contribution in [-0.2, 0) is 9.53 Å².